The summed E-state index contributed by atoms with van der Waals surface area (Å²) >= 11 is 6.85. The predicted octanol–water partition coefficient (Wildman–Crippen LogP) is 5.88. The van der Waals surface area contributed by atoms with Crippen LogP contribution in [0.5, 0.6) is 11.5 Å². The molecule has 0 spiro atoms. The third kappa shape index (κ3) is 3.94. The number of para-hydroxylation sites is 1. The van der Waals surface area contributed by atoms with Crippen LogP contribution in [0.4, 0.5) is 0 Å². The highest BCUT2D eigenvalue weighted by Crippen LogP contribution is 2.39. The molecule has 0 saturated carbocycles. The quantitative estimate of drug-likeness (QED) is 0.464. The molecule has 0 bridgehead atoms. The van der Waals surface area contributed by atoms with Crippen LogP contribution >= 0.6 is 39.0 Å². The molecule has 1 aromatic heterocycles. The molecule has 0 aliphatic heterocycles. The molecule has 0 aliphatic carbocycles. The average Bonchev–Trinajstić information content (AvgIpc) is 3.09. The number of rotatable bonds is 6. The van der Waals surface area contributed by atoms with Gasteiger partial charge in [-0.2, -0.15) is 0 Å². The minimum Gasteiger partial charge on any atom is -0.493 e. The van der Waals surface area contributed by atoms with Crippen molar-refractivity contribution in [1.29, 1.82) is 0 Å². The Labute approximate surface area is 158 Å². The summed E-state index contributed by atoms with van der Waals surface area (Å²) in [5, 5.41) is 3.04. The summed E-state index contributed by atoms with van der Waals surface area (Å²) < 4.78 is 12.0. The van der Waals surface area contributed by atoms with Crippen molar-refractivity contribution in [1.82, 2.24) is 4.98 Å². The van der Waals surface area contributed by atoms with Gasteiger partial charge in [-0.1, -0.05) is 22.0 Å². The number of methoxy groups -OCH3 is 2. The Balaban J connectivity index is 1.77. The molecule has 0 unspecified atom stereocenters. The lowest BCUT2D eigenvalue weighted by Crippen LogP contribution is -1.93. The Morgan fingerprint density at radius 2 is 1.88 bits per heavy atom. The van der Waals surface area contributed by atoms with E-state index in [1.165, 1.54) is 4.90 Å². The molecule has 0 saturated heterocycles. The fourth-order valence-corrected chi connectivity index (χ4v) is 4.24. The number of halogens is 1. The largest absolute Gasteiger partial charge is 0.493 e. The second-order valence-corrected chi connectivity index (χ2v) is 7.75. The molecule has 2 aromatic carbocycles. The monoisotopic (exact) mass is 421 g/mol. The van der Waals surface area contributed by atoms with Gasteiger partial charge in [0.25, 0.3) is 0 Å². The van der Waals surface area contributed by atoms with Gasteiger partial charge in [0.15, 0.2) is 11.5 Å². The molecular weight excluding hydrogens is 406 g/mol. The minimum absolute atomic E-state index is 0.719. The molecule has 0 atom stereocenters. The van der Waals surface area contributed by atoms with Crippen LogP contribution in [0.2, 0.25) is 0 Å². The third-order valence-electron chi connectivity index (χ3n) is 3.39. The van der Waals surface area contributed by atoms with E-state index in [1.54, 1.807) is 37.3 Å². The molecule has 1 heterocycles. The first-order chi connectivity index (χ1) is 11.7. The number of hydrogen-bond acceptors (Lipinski definition) is 5. The minimum atomic E-state index is 0.719. The average molecular weight is 422 g/mol. The fourth-order valence-electron chi connectivity index (χ4n) is 2.24. The van der Waals surface area contributed by atoms with E-state index in [-0.39, 0.29) is 0 Å². The molecule has 124 valence electrons. The number of hydrogen-bond donors (Lipinski definition) is 0. The van der Waals surface area contributed by atoms with Crippen LogP contribution in [-0.4, -0.2) is 19.2 Å². The summed E-state index contributed by atoms with van der Waals surface area (Å²) in [6, 6.07) is 14.2. The van der Waals surface area contributed by atoms with E-state index in [1.807, 2.05) is 18.2 Å². The summed E-state index contributed by atoms with van der Waals surface area (Å²) in [7, 11) is 3.29. The van der Waals surface area contributed by atoms with Gasteiger partial charge in [-0.15, -0.1) is 23.1 Å². The van der Waals surface area contributed by atoms with Gasteiger partial charge in [0, 0.05) is 20.5 Å². The second kappa shape index (κ2) is 8.05. The van der Waals surface area contributed by atoms with Crippen LogP contribution in [-0.2, 0) is 5.75 Å². The second-order valence-electron chi connectivity index (χ2n) is 4.93. The smallest absolute Gasteiger partial charge is 0.170 e. The summed E-state index contributed by atoms with van der Waals surface area (Å²) in [6.07, 6.45) is 0. The van der Waals surface area contributed by atoms with Crippen molar-refractivity contribution in [2.75, 3.05) is 14.2 Å². The molecule has 3 nitrogen and oxygen atoms in total. The SMILES string of the molecule is COc1cccc(-c2nc(CSc3ccc(Br)cc3)cs2)c1OC. The first kappa shape index (κ1) is 17.3. The normalized spacial score (nSPS) is 10.6. The molecule has 6 heteroatoms. The van der Waals surface area contributed by atoms with E-state index in [0.717, 1.165) is 38.0 Å². The Morgan fingerprint density at radius 3 is 2.58 bits per heavy atom. The van der Waals surface area contributed by atoms with Crippen LogP contribution in [0, 0.1) is 0 Å². The molecule has 0 aliphatic rings. The van der Waals surface area contributed by atoms with Crippen LogP contribution < -0.4 is 9.47 Å². The molecule has 24 heavy (non-hydrogen) atoms. The van der Waals surface area contributed by atoms with E-state index in [0.29, 0.717) is 0 Å². The number of aromatic nitrogens is 1. The number of thioether (sulfide) groups is 1. The summed E-state index contributed by atoms with van der Waals surface area (Å²) in [5.41, 5.74) is 2.02. The van der Waals surface area contributed by atoms with Crippen molar-refractivity contribution in [2.24, 2.45) is 0 Å². The molecule has 3 aromatic rings. The molecule has 3 rings (SSSR count). The van der Waals surface area contributed by atoms with E-state index in [2.05, 4.69) is 45.6 Å². The lowest BCUT2D eigenvalue weighted by Gasteiger charge is -2.10. The number of thiazole rings is 1. The van der Waals surface area contributed by atoms with Crippen molar-refractivity contribution in [2.45, 2.75) is 10.6 Å². The number of nitrogens with zero attached hydrogens (tertiary/aromatic N) is 1. The maximum absolute atomic E-state index is 5.50. The fraction of sp³-hybridized carbons (Fsp3) is 0.167. The zero-order chi connectivity index (χ0) is 16.9. The van der Waals surface area contributed by atoms with Crippen LogP contribution in [0.25, 0.3) is 10.6 Å². The zero-order valence-electron chi connectivity index (χ0n) is 13.3. The molecular formula is C18H16BrNO2S2. The maximum atomic E-state index is 5.50. The highest BCUT2D eigenvalue weighted by atomic mass is 79.9. The molecule has 0 radical (unpaired) electrons. The van der Waals surface area contributed by atoms with Gasteiger partial charge in [-0.3, -0.25) is 0 Å². The summed E-state index contributed by atoms with van der Waals surface area (Å²) in [4.78, 5) is 5.98. The highest BCUT2D eigenvalue weighted by Gasteiger charge is 2.14. The van der Waals surface area contributed by atoms with Crippen LogP contribution in [0.3, 0.4) is 0 Å². The van der Waals surface area contributed by atoms with Gasteiger partial charge in [0.1, 0.15) is 5.01 Å². The van der Waals surface area contributed by atoms with Gasteiger partial charge in [0.2, 0.25) is 0 Å². The predicted molar refractivity (Wildman–Crippen MR) is 104 cm³/mol. The summed E-state index contributed by atoms with van der Waals surface area (Å²) in [6.45, 7) is 0. The Hall–Kier alpha value is -1.50. The van der Waals surface area contributed by atoms with Gasteiger partial charge < -0.3 is 9.47 Å². The molecule has 0 N–H and O–H groups in total. The van der Waals surface area contributed by atoms with Crippen molar-refractivity contribution in [3.05, 3.63) is 58.0 Å². The van der Waals surface area contributed by atoms with Gasteiger partial charge in [-0.05, 0) is 36.4 Å². The van der Waals surface area contributed by atoms with E-state index in [9.17, 15) is 0 Å². The van der Waals surface area contributed by atoms with Crippen LogP contribution in [0.15, 0.2) is 57.2 Å². The molecule has 0 amide bonds. The van der Waals surface area contributed by atoms with Gasteiger partial charge in [0.05, 0.1) is 25.5 Å². The standard InChI is InChI=1S/C18H16BrNO2S2/c1-21-16-5-3-4-15(17(16)22-2)18-20-13(11-24-18)10-23-14-8-6-12(19)7-9-14/h3-9,11H,10H2,1-2H3. The Morgan fingerprint density at radius 1 is 1.08 bits per heavy atom. The first-order valence-corrected chi connectivity index (χ1v) is 9.91. The lowest BCUT2D eigenvalue weighted by molar-refractivity contribution is 0.356. The number of ether oxygens (including phenoxy) is 2. The van der Waals surface area contributed by atoms with Crippen molar-refractivity contribution < 1.29 is 9.47 Å². The van der Waals surface area contributed by atoms with Crippen molar-refractivity contribution >= 4 is 39.0 Å². The summed E-state index contributed by atoms with van der Waals surface area (Å²) in [5.74, 6) is 2.28. The topological polar surface area (TPSA) is 31.4 Å². The third-order valence-corrected chi connectivity index (χ3v) is 5.88. The number of benzene rings is 2. The van der Waals surface area contributed by atoms with E-state index < -0.39 is 0 Å². The van der Waals surface area contributed by atoms with Gasteiger partial charge >= 0.3 is 0 Å². The van der Waals surface area contributed by atoms with E-state index >= 15 is 0 Å². The highest BCUT2D eigenvalue weighted by molar-refractivity contribution is 9.10. The van der Waals surface area contributed by atoms with Gasteiger partial charge in [-0.25, -0.2) is 4.98 Å². The van der Waals surface area contributed by atoms with Crippen molar-refractivity contribution in [3.63, 3.8) is 0 Å². The zero-order valence-corrected chi connectivity index (χ0v) is 16.5. The maximum Gasteiger partial charge on any atom is 0.170 e. The molecule has 0 fully saturated rings. The first-order valence-electron chi connectivity index (χ1n) is 7.25. The van der Waals surface area contributed by atoms with E-state index in [4.69, 9.17) is 14.5 Å². The Bertz CT molecular complexity index is 818. The lowest BCUT2D eigenvalue weighted by atomic mass is 10.2. The van der Waals surface area contributed by atoms with Crippen LogP contribution in [0.1, 0.15) is 5.69 Å². The van der Waals surface area contributed by atoms with Crippen molar-refractivity contribution in [3.8, 4) is 22.1 Å². The Kier molecular flexibility index (Phi) is 5.81.